The molecule has 0 unspecified atom stereocenters. The second-order valence-corrected chi connectivity index (χ2v) is 5.47. The maximum atomic E-state index is 5.61. The molecule has 1 aromatic rings. The highest BCUT2D eigenvalue weighted by Gasteiger charge is 2.10. The minimum absolute atomic E-state index is 0.914. The zero-order valence-corrected chi connectivity index (χ0v) is 14.2. The van der Waals surface area contributed by atoms with Gasteiger partial charge in [-0.3, -0.25) is 0 Å². The quantitative estimate of drug-likeness (QED) is 0.618. The molecule has 3 nitrogen and oxygen atoms in total. The first-order chi connectivity index (χ1) is 10.3. The molecule has 120 valence electrons. The van der Waals surface area contributed by atoms with Gasteiger partial charge in [-0.25, -0.2) is 0 Å². The Hall–Kier alpha value is -1.22. The van der Waals surface area contributed by atoms with Gasteiger partial charge in [0.25, 0.3) is 0 Å². The number of hydrogen-bond donors (Lipinski definition) is 1. The second kappa shape index (κ2) is 10.5. The normalized spacial score (nSPS) is 10.7. The van der Waals surface area contributed by atoms with Crippen LogP contribution in [-0.2, 0) is 6.54 Å². The van der Waals surface area contributed by atoms with Crippen molar-refractivity contribution in [3.8, 4) is 5.75 Å². The van der Waals surface area contributed by atoms with Crippen LogP contribution in [0.5, 0.6) is 5.75 Å². The smallest absolute Gasteiger partial charge is 0.142 e. The lowest BCUT2D eigenvalue weighted by atomic mass is 10.1. The van der Waals surface area contributed by atoms with Crippen molar-refractivity contribution in [1.29, 1.82) is 0 Å². The molecule has 0 atom stereocenters. The molecule has 0 saturated heterocycles. The van der Waals surface area contributed by atoms with Crippen molar-refractivity contribution in [2.45, 2.75) is 53.0 Å². The van der Waals surface area contributed by atoms with Crippen LogP contribution in [0.4, 0.5) is 5.69 Å². The fourth-order valence-corrected chi connectivity index (χ4v) is 2.43. The van der Waals surface area contributed by atoms with E-state index in [1.807, 2.05) is 0 Å². The van der Waals surface area contributed by atoms with Gasteiger partial charge in [-0.05, 0) is 44.0 Å². The molecule has 21 heavy (non-hydrogen) atoms. The molecule has 0 amide bonds. The molecular weight excluding hydrogens is 260 g/mol. The topological polar surface area (TPSA) is 24.5 Å². The number of unbranched alkanes of at least 4 members (excludes halogenated alkanes) is 2. The fraction of sp³-hybridized carbons (Fsp3) is 0.667. The van der Waals surface area contributed by atoms with Crippen LogP contribution in [0.2, 0.25) is 0 Å². The van der Waals surface area contributed by atoms with Crippen LogP contribution in [0.1, 0.15) is 52.0 Å². The number of ether oxygens (including phenoxy) is 1. The van der Waals surface area contributed by atoms with Crippen LogP contribution in [-0.4, -0.2) is 26.7 Å². The van der Waals surface area contributed by atoms with Gasteiger partial charge in [0.1, 0.15) is 5.75 Å². The van der Waals surface area contributed by atoms with Crippen molar-refractivity contribution in [3.63, 3.8) is 0 Å². The highest BCUT2D eigenvalue weighted by atomic mass is 16.5. The summed E-state index contributed by atoms with van der Waals surface area (Å²) in [5.41, 5.74) is 2.50. The van der Waals surface area contributed by atoms with Gasteiger partial charge >= 0.3 is 0 Å². The van der Waals surface area contributed by atoms with E-state index < -0.39 is 0 Å². The average Bonchev–Trinajstić information content (AvgIpc) is 2.53. The molecule has 0 heterocycles. The average molecular weight is 292 g/mol. The van der Waals surface area contributed by atoms with Crippen molar-refractivity contribution in [2.75, 3.05) is 31.6 Å². The van der Waals surface area contributed by atoms with Crippen LogP contribution < -0.4 is 15.0 Å². The lowest BCUT2D eigenvalue weighted by Gasteiger charge is -2.25. The molecule has 1 N–H and O–H groups in total. The maximum absolute atomic E-state index is 5.61. The van der Waals surface area contributed by atoms with E-state index in [1.54, 1.807) is 7.11 Å². The van der Waals surface area contributed by atoms with E-state index >= 15 is 0 Å². The van der Waals surface area contributed by atoms with E-state index in [2.05, 4.69) is 49.2 Å². The molecule has 0 radical (unpaired) electrons. The van der Waals surface area contributed by atoms with Crippen LogP contribution >= 0.6 is 0 Å². The minimum Gasteiger partial charge on any atom is -0.495 e. The molecule has 1 rings (SSSR count). The summed E-state index contributed by atoms with van der Waals surface area (Å²) < 4.78 is 5.61. The summed E-state index contributed by atoms with van der Waals surface area (Å²) in [6, 6.07) is 6.59. The fourth-order valence-electron chi connectivity index (χ4n) is 2.43. The van der Waals surface area contributed by atoms with Crippen molar-refractivity contribution < 1.29 is 4.74 Å². The Bertz CT molecular complexity index is 393. The van der Waals surface area contributed by atoms with Crippen LogP contribution in [0, 0.1) is 0 Å². The summed E-state index contributed by atoms with van der Waals surface area (Å²) in [7, 11) is 1.76. The summed E-state index contributed by atoms with van der Waals surface area (Å²) in [5.74, 6) is 0.989. The van der Waals surface area contributed by atoms with Gasteiger partial charge in [0, 0.05) is 19.6 Å². The SMILES string of the molecule is CCCCNCc1ccc(N(CC)CCCC)c(OC)c1. The third-order valence-electron chi connectivity index (χ3n) is 3.78. The molecule has 0 fully saturated rings. The third kappa shape index (κ3) is 5.96. The molecule has 0 aliphatic rings. The largest absolute Gasteiger partial charge is 0.495 e. The van der Waals surface area contributed by atoms with Gasteiger partial charge in [0.2, 0.25) is 0 Å². The molecule has 0 bridgehead atoms. The van der Waals surface area contributed by atoms with Crippen LogP contribution in [0.15, 0.2) is 18.2 Å². The molecule has 0 aliphatic carbocycles. The highest BCUT2D eigenvalue weighted by Crippen LogP contribution is 2.29. The summed E-state index contributed by atoms with van der Waals surface area (Å²) >= 11 is 0. The number of anilines is 1. The molecule has 0 saturated carbocycles. The van der Waals surface area contributed by atoms with Crippen molar-refractivity contribution >= 4 is 5.69 Å². The van der Waals surface area contributed by atoms with E-state index in [4.69, 9.17) is 4.74 Å². The van der Waals surface area contributed by atoms with Crippen LogP contribution in [0.3, 0.4) is 0 Å². The van der Waals surface area contributed by atoms with E-state index in [1.165, 1.54) is 36.9 Å². The van der Waals surface area contributed by atoms with Gasteiger partial charge in [-0.15, -0.1) is 0 Å². The minimum atomic E-state index is 0.914. The lowest BCUT2D eigenvalue weighted by Crippen LogP contribution is -2.24. The van der Waals surface area contributed by atoms with Crippen molar-refractivity contribution in [2.24, 2.45) is 0 Å². The highest BCUT2D eigenvalue weighted by molar-refractivity contribution is 5.59. The first-order valence-corrected chi connectivity index (χ1v) is 8.39. The maximum Gasteiger partial charge on any atom is 0.142 e. The van der Waals surface area contributed by atoms with Crippen molar-refractivity contribution in [1.82, 2.24) is 5.32 Å². The summed E-state index contributed by atoms with van der Waals surface area (Å²) in [5, 5.41) is 3.48. The Labute approximate surface area is 130 Å². The van der Waals surface area contributed by atoms with Crippen LogP contribution in [0.25, 0.3) is 0 Å². The molecule has 1 aromatic carbocycles. The number of benzene rings is 1. The molecule has 0 spiro atoms. The standard InChI is InChI=1S/C18H32N2O/c1-5-8-12-19-15-16-10-11-17(18(14-16)21-4)20(7-3)13-9-6-2/h10-11,14,19H,5-9,12-13,15H2,1-4H3. The number of nitrogens with zero attached hydrogens (tertiary/aromatic N) is 1. The van der Waals surface area contributed by atoms with Gasteiger partial charge in [0.15, 0.2) is 0 Å². The van der Waals surface area contributed by atoms with Gasteiger partial charge in [0.05, 0.1) is 12.8 Å². The zero-order chi connectivity index (χ0) is 15.5. The first kappa shape index (κ1) is 17.8. The van der Waals surface area contributed by atoms with E-state index in [0.717, 1.165) is 31.9 Å². The number of rotatable bonds is 11. The lowest BCUT2D eigenvalue weighted by molar-refractivity contribution is 0.413. The predicted octanol–water partition coefficient (Wildman–Crippen LogP) is 4.21. The van der Waals surface area contributed by atoms with Gasteiger partial charge < -0.3 is 15.0 Å². The Morgan fingerprint density at radius 1 is 1.10 bits per heavy atom. The number of methoxy groups -OCH3 is 1. The molecular formula is C18H32N2O. The Morgan fingerprint density at radius 3 is 2.48 bits per heavy atom. The zero-order valence-electron chi connectivity index (χ0n) is 14.2. The van der Waals surface area contributed by atoms with Gasteiger partial charge in [-0.2, -0.15) is 0 Å². The second-order valence-electron chi connectivity index (χ2n) is 5.47. The summed E-state index contributed by atoms with van der Waals surface area (Å²) in [6.07, 6.45) is 4.91. The molecule has 0 aromatic heterocycles. The van der Waals surface area contributed by atoms with E-state index in [0.29, 0.717) is 0 Å². The Morgan fingerprint density at radius 2 is 1.86 bits per heavy atom. The number of hydrogen-bond acceptors (Lipinski definition) is 3. The summed E-state index contributed by atoms with van der Waals surface area (Å²) in [6.45, 7) is 10.8. The molecule has 3 heteroatoms. The van der Waals surface area contributed by atoms with Crippen molar-refractivity contribution in [3.05, 3.63) is 23.8 Å². The predicted molar refractivity (Wildman–Crippen MR) is 92.4 cm³/mol. The monoisotopic (exact) mass is 292 g/mol. The summed E-state index contributed by atoms with van der Waals surface area (Å²) in [4.78, 5) is 2.40. The van der Waals surface area contributed by atoms with Gasteiger partial charge in [-0.1, -0.05) is 32.8 Å². The molecule has 0 aliphatic heterocycles. The number of nitrogens with one attached hydrogen (secondary N) is 1. The first-order valence-electron chi connectivity index (χ1n) is 8.39. The third-order valence-corrected chi connectivity index (χ3v) is 3.78. The van der Waals surface area contributed by atoms with E-state index in [9.17, 15) is 0 Å². The Kier molecular flexibility index (Phi) is 8.91. The van der Waals surface area contributed by atoms with E-state index in [-0.39, 0.29) is 0 Å². The Balaban J connectivity index is 2.72.